The van der Waals surface area contributed by atoms with Crippen molar-refractivity contribution in [2.45, 2.75) is 76.7 Å². The molecule has 1 saturated heterocycles. The van der Waals surface area contributed by atoms with Gasteiger partial charge < -0.3 is 32.7 Å². The van der Waals surface area contributed by atoms with E-state index >= 15 is 0 Å². The van der Waals surface area contributed by atoms with Crippen molar-refractivity contribution < 1.29 is 32.7 Å². The first-order valence-corrected chi connectivity index (χ1v) is 17.3. The van der Waals surface area contributed by atoms with Gasteiger partial charge in [-0.25, -0.2) is 4.67 Å². The fraction of sp³-hybridized carbons (Fsp3) is 0.447. The van der Waals surface area contributed by atoms with Crippen molar-refractivity contribution in [1.82, 2.24) is 4.67 Å². The van der Waals surface area contributed by atoms with Crippen molar-refractivity contribution in [3.05, 3.63) is 95.6 Å². The highest BCUT2D eigenvalue weighted by Crippen LogP contribution is 2.50. The molecule has 3 aromatic rings. The van der Waals surface area contributed by atoms with E-state index in [-0.39, 0.29) is 38.3 Å². The number of rotatable bonds is 18. The molecule has 1 aliphatic heterocycles. The highest BCUT2D eigenvalue weighted by molar-refractivity contribution is 7.44. The minimum atomic E-state index is -1.54. The number of hydrogen-bond acceptors (Lipinski definition) is 9. The van der Waals surface area contributed by atoms with Gasteiger partial charge in [0.25, 0.3) is 8.53 Å². The maximum absolute atomic E-state index is 9.21. The van der Waals surface area contributed by atoms with Crippen LogP contribution in [0.5, 0.6) is 11.5 Å². The fourth-order valence-corrected chi connectivity index (χ4v) is 7.64. The Balaban J connectivity index is 1.75. The fourth-order valence-electron chi connectivity index (χ4n) is 5.88. The van der Waals surface area contributed by atoms with E-state index in [4.69, 9.17) is 39.2 Å². The lowest BCUT2D eigenvalue weighted by Gasteiger charge is -2.39. The average molecular weight is 675 g/mol. The van der Waals surface area contributed by atoms with Crippen molar-refractivity contribution in [2.75, 3.05) is 34.0 Å². The average Bonchev–Trinajstić information content (AvgIpc) is 3.49. The van der Waals surface area contributed by atoms with Crippen LogP contribution in [0.4, 0.5) is 0 Å². The molecule has 0 radical (unpaired) electrons. The lowest BCUT2D eigenvalue weighted by atomic mass is 9.80. The second-order valence-corrected chi connectivity index (χ2v) is 13.3. The van der Waals surface area contributed by atoms with Crippen molar-refractivity contribution in [3.8, 4) is 29.9 Å². The molecule has 1 fully saturated rings. The summed E-state index contributed by atoms with van der Waals surface area (Å²) < 4.78 is 45.7. The summed E-state index contributed by atoms with van der Waals surface area (Å²) in [4.78, 5) is 0. The summed E-state index contributed by atoms with van der Waals surface area (Å²) in [6, 6.07) is 28.3. The Morgan fingerprint density at radius 1 is 0.896 bits per heavy atom. The van der Waals surface area contributed by atoms with Crippen LogP contribution in [0.3, 0.4) is 0 Å². The molecule has 0 N–H and O–H groups in total. The van der Waals surface area contributed by atoms with Gasteiger partial charge >= 0.3 is 0 Å². The summed E-state index contributed by atoms with van der Waals surface area (Å²) >= 11 is 0. The first-order valence-electron chi connectivity index (χ1n) is 16.2. The topological polar surface area (TPSA) is 91.6 Å². The van der Waals surface area contributed by atoms with E-state index in [9.17, 15) is 5.26 Å². The van der Waals surface area contributed by atoms with E-state index < -0.39 is 32.6 Å². The number of nitriles is 1. The van der Waals surface area contributed by atoms with E-state index in [0.29, 0.717) is 6.42 Å². The summed E-state index contributed by atoms with van der Waals surface area (Å²) in [5.41, 5.74) is 1.71. The van der Waals surface area contributed by atoms with Crippen LogP contribution in [0.1, 0.15) is 57.2 Å². The number of terminal acetylenes is 1. The molecule has 1 heterocycles. The van der Waals surface area contributed by atoms with Crippen LogP contribution >= 0.6 is 8.53 Å². The van der Waals surface area contributed by atoms with Crippen LogP contribution in [0.25, 0.3) is 0 Å². The Morgan fingerprint density at radius 3 is 1.96 bits per heavy atom. The molecule has 0 amide bonds. The second kappa shape index (κ2) is 18.3. The van der Waals surface area contributed by atoms with E-state index in [1.807, 2.05) is 66.7 Å². The monoisotopic (exact) mass is 674 g/mol. The molecule has 256 valence electrons. The van der Waals surface area contributed by atoms with Gasteiger partial charge in [-0.15, -0.1) is 6.42 Å². The zero-order chi connectivity index (χ0) is 34.5. The molecule has 3 aromatic carbocycles. The molecule has 4 rings (SSSR count). The van der Waals surface area contributed by atoms with Gasteiger partial charge in [0.05, 0.1) is 46.0 Å². The maximum atomic E-state index is 9.21. The molecule has 4 atom stereocenters. The Morgan fingerprint density at radius 2 is 1.46 bits per heavy atom. The van der Waals surface area contributed by atoms with Gasteiger partial charge in [0, 0.05) is 18.5 Å². The van der Waals surface area contributed by atoms with Crippen molar-refractivity contribution in [1.29, 1.82) is 5.26 Å². The summed E-state index contributed by atoms with van der Waals surface area (Å²) in [6.45, 7) is 8.94. The van der Waals surface area contributed by atoms with Crippen LogP contribution in [0.2, 0.25) is 0 Å². The molecule has 2 unspecified atom stereocenters. The van der Waals surface area contributed by atoms with Gasteiger partial charge in [0.1, 0.15) is 29.8 Å². The largest absolute Gasteiger partial charge is 0.497 e. The molecule has 48 heavy (non-hydrogen) atoms. The van der Waals surface area contributed by atoms with Gasteiger partial charge in [0.15, 0.2) is 6.29 Å². The van der Waals surface area contributed by atoms with Crippen molar-refractivity contribution in [3.63, 3.8) is 0 Å². The Hall–Kier alpha value is -3.50. The molecule has 10 heteroatoms. The molecule has 0 aromatic heterocycles. The number of hydrogen-bond donors (Lipinski definition) is 0. The predicted molar refractivity (Wildman–Crippen MR) is 186 cm³/mol. The molecule has 0 saturated carbocycles. The Kier molecular flexibility index (Phi) is 14.2. The number of benzene rings is 3. The van der Waals surface area contributed by atoms with Gasteiger partial charge in [-0.1, -0.05) is 60.5 Å². The molecule has 1 aliphatic rings. The molecular weight excluding hydrogens is 627 g/mol. The zero-order valence-electron chi connectivity index (χ0n) is 28.7. The normalized spacial score (nSPS) is 18.5. The summed E-state index contributed by atoms with van der Waals surface area (Å²) in [5, 5.41) is 9.21. The molecule has 9 nitrogen and oxygen atoms in total. The van der Waals surface area contributed by atoms with Gasteiger partial charge in [-0.3, -0.25) is 0 Å². The van der Waals surface area contributed by atoms with E-state index in [1.54, 1.807) is 14.2 Å². The summed E-state index contributed by atoms with van der Waals surface area (Å²) in [7, 11) is 1.75. The standard InChI is InChI=1S/C38H47N2O7P/c1-8-24-43-37-26-35(47-48(45-25-12-23-39)40(28(2)3)29(4)5)36(46-37)27-44-38(30-13-10-9-11-14-30,31-15-19-33(41-6)20-16-31)32-17-21-34(42-7)22-18-32/h1,9-11,13-22,28-29,35-37H,12,24-27H2,2-7H3/t35?,36-,37-,48?/m1/s1. The second-order valence-electron chi connectivity index (χ2n) is 11.9. The lowest BCUT2D eigenvalue weighted by molar-refractivity contribution is -0.150. The first kappa shape index (κ1) is 37.3. The third-order valence-electron chi connectivity index (χ3n) is 8.04. The molecular formula is C38H47N2O7P. The van der Waals surface area contributed by atoms with Gasteiger partial charge in [-0.05, 0) is 68.7 Å². The number of nitrogens with zero attached hydrogens (tertiary/aromatic N) is 2. The molecule has 0 aliphatic carbocycles. The molecule has 0 spiro atoms. The highest BCUT2D eigenvalue weighted by Gasteiger charge is 2.44. The minimum Gasteiger partial charge on any atom is -0.497 e. The predicted octanol–water partition coefficient (Wildman–Crippen LogP) is 7.44. The van der Waals surface area contributed by atoms with Gasteiger partial charge in [-0.2, -0.15) is 5.26 Å². The van der Waals surface area contributed by atoms with Crippen LogP contribution < -0.4 is 9.47 Å². The lowest BCUT2D eigenvalue weighted by Crippen LogP contribution is -2.39. The van der Waals surface area contributed by atoms with Crippen molar-refractivity contribution in [2.24, 2.45) is 0 Å². The smallest absolute Gasteiger partial charge is 0.259 e. The summed E-state index contributed by atoms with van der Waals surface area (Å²) in [5.74, 6) is 4.01. The zero-order valence-corrected chi connectivity index (χ0v) is 29.6. The van der Waals surface area contributed by atoms with E-state index in [1.165, 1.54) is 0 Å². The van der Waals surface area contributed by atoms with Gasteiger partial charge in [0.2, 0.25) is 0 Å². The Bertz CT molecular complexity index is 1420. The first-order chi connectivity index (χ1) is 23.3. The SMILES string of the molecule is C#CCO[C@H]1CC(OP(OCCC#N)N(C(C)C)C(C)C)[C@@H](COC(c2ccccc2)(c2ccc(OC)cc2)c2ccc(OC)cc2)O1. The number of methoxy groups -OCH3 is 2. The van der Waals surface area contributed by atoms with Crippen LogP contribution in [0.15, 0.2) is 78.9 Å². The quantitative estimate of drug-likeness (QED) is 0.0591. The Labute approximate surface area is 287 Å². The van der Waals surface area contributed by atoms with E-state index in [2.05, 4.69) is 56.5 Å². The van der Waals surface area contributed by atoms with E-state index in [0.717, 1.165) is 28.2 Å². The maximum Gasteiger partial charge on any atom is 0.259 e. The van der Waals surface area contributed by atoms with Crippen LogP contribution in [-0.4, -0.2) is 69.3 Å². The van der Waals surface area contributed by atoms with Crippen LogP contribution in [-0.2, 0) is 28.9 Å². The molecule has 0 bridgehead atoms. The van der Waals surface area contributed by atoms with Crippen LogP contribution in [0, 0.1) is 23.7 Å². The van der Waals surface area contributed by atoms with Crippen molar-refractivity contribution >= 4 is 8.53 Å². The summed E-state index contributed by atoms with van der Waals surface area (Å²) in [6.07, 6.45) is 4.66. The minimum absolute atomic E-state index is 0.105. The number of ether oxygens (including phenoxy) is 5. The third kappa shape index (κ3) is 9.14. The third-order valence-corrected chi connectivity index (χ3v) is 10.2. The highest BCUT2D eigenvalue weighted by atomic mass is 31.2.